The zero-order valence-corrected chi connectivity index (χ0v) is 20.6. The summed E-state index contributed by atoms with van der Waals surface area (Å²) >= 11 is 0. The first-order valence-corrected chi connectivity index (χ1v) is 12.4. The SMILES string of the molecule is COC(=O)CC(O)CC(O)/C=C/c1c(-c2ccc(F)cc2)nc(N(C)S(C)(=O)=O)nc1C(C)C. The third-order valence-electron chi connectivity index (χ3n) is 5.04. The molecular weight excluding hydrogens is 465 g/mol. The Morgan fingerprint density at radius 1 is 1.21 bits per heavy atom. The highest BCUT2D eigenvalue weighted by Crippen LogP contribution is 2.31. The number of ether oxygens (including phenoxy) is 1. The number of aromatic nitrogens is 2. The number of aliphatic hydroxyl groups is 2. The number of esters is 1. The van der Waals surface area contributed by atoms with Gasteiger partial charge in [-0.1, -0.05) is 26.0 Å². The number of hydrogen-bond acceptors (Lipinski definition) is 8. The lowest BCUT2D eigenvalue weighted by molar-refractivity contribution is -0.143. The van der Waals surface area contributed by atoms with Gasteiger partial charge in [-0.15, -0.1) is 0 Å². The Kier molecular flexibility index (Phi) is 9.25. The first-order valence-electron chi connectivity index (χ1n) is 10.6. The Labute approximate surface area is 199 Å². The third kappa shape index (κ3) is 7.31. The molecule has 0 radical (unpaired) electrons. The highest BCUT2D eigenvalue weighted by atomic mass is 32.2. The van der Waals surface area contributed by atoms with E-state index in [0.717, 1.165) is 10.6 Å². The molecule has 0 aliphatic heterocycles. The molecule has 1 aromatic heterocycles. The number of aliphatic hydroxyl groups excluding tert-OH is 2. The van der Waals surface area contributed by atoms with Gasteiger partial charge in [0.25, 0.3) is 0 Å². The molecule has 0 saturated heterocycles. The summed E-state index contributed by atoms with van der Waals surface area (Å²) in [6.45, 7) is 3.74. The van der Waals surface area contributed by atoms with Gasteiger partial charge in [-0.2, -0.15) is 0 Å². The second-order valence-electron chi connectivity index (χ2n) is 8.16. The Morgan fingerprint density at radius 2 is 1.82 bits per heavy atom. The van der Waals surface area contributed by atoms with Gasteiger partial charge in [-0.05, 0) is 30.2 Å². The maximum absolute atomic E-state index is 13.5. The number of carbonyl (C=O) groups excluding carboxylic acids is 1. The lowest BCUT2D eigenvalue weighted by atomic mass is 9.97. The summed E-state index contributed by atoms with van der Waals surface area (Å²) in [5, 5.41) is 20.3. The second kappa shape index (κ2) is 11.5. The van der Waals surface area contributed by atoms with Crippen LogP contribution in [0, 0.1) is 5.82 Å². The van der Waals surface area contributed by atoms with Gasteiger partial charge in [0, 0.05) is 24.6 Å². The number of sulfonamides is 1. The second-order valence-corrected chi connectivity index (χ2v) is 10.2. The van der Waals surface area contributed by atoms with Gasteiger partial charge in [0.2, 0.25) is 16.0 Å². The van der Waals surface area contributed by atoms with Gasteiger partial charge in [0.1, 0.15) is 5.82 Å². The van der Waals surface area contributed by atoms with Crippen molar-refractivity contribution in [3.05, 3.63) is 47.4 Å². The van der Waals surface area contributed by atoms with Gasteiger partial charge in [-0.25, -0.2) is 27.1 Å². The average Bonchev–Trinajstić information content (AvgIpc) is 2.76. The van der Waals surface area contributed by atoms with E-state index in [4.69, 9.17) is 0 Å². The highest BCUT2D eigenvalue weighted by Gasteiger charge is 2.22. The maximum Gasteiger partial charge on any atom is 0.308 e. The van der Waals surface area contributed by atoms with Crippen LogP contribution in [0.1, 0.15) is 43.9 Å². The first-order chi connectivity index (χ1) is 15.8. The third-order valence-corrected chi connectivity index (χ3v) is 6.19. The first kappa shape index (κ1) is 27.4. The van der Waals surface area contributed by atoms with Crippen LogP contribution in [0.15, 0.2) is 30.3 Å². The van der Waals surface area contributed by atoms with Gasteiger partial charge < -0.3 is 14.9 Å². The van der Waals surface area contributed by atoms with E-state index in [9.17, 15) is 27.8 Å². The van der Waals surface area contributed by atoms with Crippen LogP contribution in [0.25, 0.3) is 17.3 Å². The van der Waals surface area contributed by atoms with Crippen LogP contribution in [0.3, 0.4) is 0 Å². The van der Waals surface area contributed by atoms with Gasteiger partial charge in [0.05, 0.1) is 43.4 Å². The molecule has 186 valence electrons. The van der Waals surface area contributed by atoms with E-state index in [-0.39, 0.29) is 24.7 Å². The van der Waals surface area contributed by atoms with Gasteiger partial charge in [0.15, 0.2) is 0 Å². The predicted molar refractivity (Wildman–Crippen MR) is 127 cm³/mol. The highest BCUT2D eigenvalue weighted by molar-refractivity contribution is 7.92. The normalized spacial score (nSPS) is 13.8. The lowest BCUT2D eigenvalue weighted by Gasteiger charge is -2.20. The monoisotopic (exact) mass is 495 g/mol. The van der Waals surface area contributed by atoms with Crippen molar-refractivity contribution in [2.75, 3.05) is 24.7 Å². The van der Waals surface area contributed by atoms with Crippen LogP contribution in [0.4, 0.5) is 10.3 Å². The number of anilines is 1. The van der Waals surface area contributed by atoms with E-state index >= 15 is 0 Å². The number of nitrogens with zero attached hydrogens (tertiary/aromatic N) is 3. The number of halogens is 1. The maximum atomic E-state index is 13.5. The van der Waals surface area contributed by atoms with E-state index in [0.29, 0.717) is 22.5 Å². The minimum Gasteiger partial charge on any atom is -0.469 e. The molecule has 1 heterocycles. The Balaban J connectivity index is 2.57. The van der Waals surface area contributed by atoms with Crippen molar-refractivity contribution in [2.24, 2.45) is 0 Å². The van der Waals surface area contributed by atoms with Crippen molar-refractivity contribution in [1.82, 2.24) is 9.97 Å². The van der Waals surface area contributed by atoms with Crippen LogP contribution >= 0.6 is 0 Å². The topological polar surface area (TPSA) is 130 Å². The molecule has 2 unspecified atom stereocenters. The van der Waals surface area contributed by atoms with Crippen LogP contribution in [0.2, 0.25) is 0 Å². The summed E-state index contributed by atoms with van der Waals surface area (Å²) in [6.07, 6.45) is 1.48. The molecule has 0 aliphatic carbocycles. The summed E-state index contributed by atoms with van der Waals surface area (Å²) < 4.78 is 43.2. The minimum atomic E-state index is -3.64. The van der Waals surface area contributed by atoms with Crippen molar-refractivity contribution in [3.8, 4) is 11.3 Å². The lowest BCUT2D eigenvalue weighted by Crippen LogP contribution is -2.27. The summed E-state index contributed by atoms with van der Waals surface area (Å²) in [5.74, 6) is -1.24. The zero-order chi connectivity index (χ0) is 25.6. The van der Waals surface area contributed by atoms with Crippen molar-refractivity contribution in [2.45, 2.75) is 44.8 Å². The van der Waals surface area contributed by atoms with Gasteiger partial charge in [-0.3, -0.25) is 4.79 Å². The van der Waals surface area contributed by atoms with E-state index < -0.39 is 34.0 Å². The molecule has 2 aromatic rings. The molecule has 0 spiro atoms. The number of carbonyl (C=O) groups is 1. The molecule has 2 atom stereocenters. The number of methoxy groups -OCH3 is 1. The molecule has 0 saturated carbocycles. The largest absolute Gasteiger partial charge is 0.469 e. The van der Waals surface area contributed by atoms with Crippen LogP contribution in [0.5, 0.6) is 0 Å². The quantitative estimate of drug-likeness (QED) is 0.481. The smallest absolute Gasteiger partial charge is 0.308 e. The minimum absolute atomic E-state index is 0.0447. The molecule has 11 heteroatoms. The average molecular weight is 496 g/mol. The Morgan fingerprint density at radius 3 is 2.35 bits per heavy atom. The van der Waals surface area contributed by atoms with E-state index in [1.807, 2.05) is 13.8 Å². The van der Waals surface area contributed by atoms with Crippen molar-refractivity contribution >= 4 is 28.0 Å². The number of hydrogen-bond donors (Lipinski definition) is 2. The summed E-state index contributed by atoms with van der Waals surface area (Å²) in [7, 11) is -1.10. The fourth-order valence-electron chi connectivity index (χ4n) is 3.12. The summed E-state index contributed by atoms with van der Waals surface area (Å²) in [5.41, 5.74) is 1.89. The zero-order valence-electron chi connectivity index (χ0n) is 19.8. The molecule has 0 amide bonds. The molecule has 9 nitrogen and oxygen atoms in total. The Bertz CT molecular complexity index is 1140. The van der Waals surface area contributed by atoms with Crippen LogP contribution in [-0.2, 0) is 19.6 Å². The van der Waals surface area contributed by atoms with Crippen LogP contribution in [-0.4, -0.2) is 67.2 Å². The van der Waals surface area contributed by atoms with E-state index in [2.05, 4.69) is 14.7 Å². The molecule has 34 heavy (non-hydrogen) atoms. The van der Waals surface area contributed by atoms with E-state index in [1.165, 1.54) is 44.5 Å². The molecule has 0 bridgehead atoms. The fourth-order valence-corrected chi connectivity index (χ4v) is 3.50. The van der Waals surface area contributed by atoms with Crippen molar-refractivity contribution in [3.63, 3.8) is 0 Å². The van der Waals surface area contributed by atoms with Gasteiger partial charge >= 0.3 is 5.97 Å². The van der Waals surface area contributed by atoms with Crippen LogP contribution < -0.4 is 4.31 Å². The number of benzene rings is 1. The molecule has 2 N–H and O–H groups in total. The van der Waals surface area contributed by atoms with Crippen molar-refractivity contribution in [1.29, 1.82) is 0 Å². The van der Waals surface area contributed by atoms with E-state index in [1.54, 1.807) is 6.08 Å². The molecular formula is C23H30FN3O6S. The summed E-state index contributed by atoms with van der Waals surface area (Å²) in [6, 6.07) is 5.55. The predicted octanol–water partition coefficient (Wildman–Crippen LogP) is 2.49. The standard InChI is InChI=1S/C23H30FN3O6S/c1-14(2)21-19(11-10-17(28)12-18(29)13-20(30)33-4)22(15-6-8-16(24)9-7-15)26-23(25-21)27(3)34(5,31)32/h6-11,14,17-18,28-29H,12-13H2,1-5H3/b11-10+. The Hall–Kier alpha value is -2.89. The molecule has 2 rings (SSSR count). The molecule has 0 aliphatic rings. The number of rotatable bonds is 10. The fraction of sp³-hybridized carbons (Fsp3) is 0.435. The molecule has 0 fully saturated rings. The summed E-state index contributed by atoms with van der Waals surface area (Å²) in [4.78, 5) is 20.2. The molecule has 1 aromatic carbocycles. The van der Waals surface area contributed by atoms with Crippen molar-refractivity contribution < 1.29 is 32.6 Å².